The molecule has 0 fully saturated rings. The summed E-state index contributed by atoms with van der Waals surface area (Å²) in [5.74, 6) is 0. The average molecular weight is 255 g/mol. The van der Waals surface area contributed by atoms with Crippen LogP contribution in [0.25, 0.3) is 0 Å². The second kappa shape index (κ2) is 12.8. The fraction of sp³-hybridized carbons (Fsp3) is 0.750. The highest BCUT2D eigenvalue weighted by molar-refractivity contribution is 5.00. The van der Waals surface area contributed by atoms with Crippen molar-refractivity contribution in [1.29, 1.82) is 0 Å². The van der Waals surface area contributed by atoms with Crippen LogP contribution in [0.3, 0.4) is 0 Å². The van der Waals surface area contributed by atoms with Crippen molar-refractivity contribution in [3.8, 4) is 0 Å². The smallest absolute Gasteiger partial charge is 0.0990 e. The predicted molar refractivity (Wildman–Crippen MR) is 76.0 cm³/mol. The van der Waals surface area contributed by atoms with E-state index in [-0.39, 0.29) is 4.70 Å². The van der Waals surface area contributed by atoms with Crippen LogP contribution in [-0.4, -0.2) is 6.54 Å². The van der Waals surface area contributed by atoms with Crippen molar-refractivity contribution >= 4 is 0 Å². The van der Waals surface area contributed by atoms with E-state index in [0.29, 0.717) is 0 Å². The lowest BCUT2D eigenvalue weighted by Crippen LogP contribution is -3.01. The highest BCUT2D eigenvalue weighted by atomic mass is 19.0. The first kappa shape index (κ1) is 17.4. The number of unbranched alkanes of at least 4 members (excludes halogenated alkanes) is 9. The molecule has 0 saturated heterocycles. The second-order valence-electron chi connectivity index (χ2n) is 5.23. The molecule has 1 aliphatic rings. The van der Waals surface area contributed by atoms with Crippen LogP contribution in [0, 0.1) is 0 Å². The van der Waals surface area contributed by atoms with Crippen LogP contribution in [0.4, 0.5) is 0 Å². The van der Waals surface area contributed by atoms with E-state index < -0.39 is 0 Å². The number of halogens is 1. The van der Waals surface area contributed by atoms with Crippen molar-refractivity contribution in [1.82, 2.24) is 0 Å². The van der Waals surface area contributed by atoms with Crippen LogP contribution in [0.1, 0.15) is 71.1 Å². The molecule has 18 heavy (non-hydrogen) atoms. The fourth-order valence-electron chi connectivity index (χ4n) is 2.40. The molecule has 1 aliphatic heterocycles. The molecule has 0 unspecified atom stereocenters. The van der Waals surface area contributed by atoms with Gasteiger partial charge < -0.3 is 4.70 Å². The quantitative estimate of drug-likeness (QED) is 0.522. The van der Waals surface area contributed by atoms with Crippen molar-refractivity contribution in [2.24, 2.45) is 0 Å². The minimum Gasteiger partial charge on any atom is -1.00 e. The maximum absolute atomic E-state index is 2.28. The molecular formula is C16H30FN. The molecule has 106 valence electrons. The third kappa shape index (κ3) is 9.41. The molecule has 0 radical (unpaired) electrons. The number of quaternary nitrogens is 1. The molecule has 0 amide bonds. The molecule has 1 N–H and O–H groups in total. The standard InChI is InChI=1S/C16H29N.FH/c1-2-3-4-5-6-7-8-9-10-11-14-17-15-12-13-16-17;/h12-13,15-16H,2-11,14H2,1H3;1H. The van der Waals surface area contributed by atoms with Crippen LogP contribution in [-0.2, 0) is 0 Å². The molecule has 0 aromatic rings. The Balaban J connectivity index is 0.00000289. The first-order valence-electron chi connectivity index (χ1n) is 7.64. The molecule has 0 saturated carbocycles. The molecule has 0 spiro atoms. The van der Waals surface area contributed by atoms with Crippen molar-refractivity contribution in [3.05, 3.63) is 24.6 Å². The van der Waals surface area contributed by atoms with E-state index in [1.165, 1.54) is 75.7 Å². The molecule has 1 rings (SSSR count). The normalized spacial score (nSPS) is 14.1. The van der Waals surface area contributed by atoms with E-state index in [4.69, 9.17) is 0 Å². The first-order chi connectivity index (χ1) is 8.43. The van der Waals surface area contributed by atoms with Crippen LogP contribution in [0.2, 0.25) is 0 Å². The largest absolute Gasteiger partial charge is 1.00 e. The zero-order valence-electron chi connectivity index (χ0n) is 12.0. The Labute approximate surface area is 112 Å². The fourth-order valence-corrected chi connectivity index (χ4v) is 2.40. The Bertz CT molecular complexity index is 211. The SMILES string of the molecule is CCCCCCCCCCCC[NH+]1C=CC=C1.[F-]. The Kier molecular flexibility index (Phi) is 12.4. The third-order valence-corrected chi connectivity index (χ3v) is 3.55. The monoisotopic (exact) mass is 255 g/mol. The van der Waals surface area contributed by atoms with Crippen molar-refractivity contribution < 1.29 is 9.60 Å². The molecule has 1 nitrogen and oxygen atoms in total. The number of nitrogens with one attached hydrogen (secondary N) is 1. The zero-order valence-corrected chi connectivity index (χ0v) is 12.0. The number of allylic oxidation sites excluding steroid dienone is 2. The van der Waals surface area contributed by atoms with Gasteiger partial charge in [0, 0.05) is 0 Å². The first-order valence-corrected chi connectivity index (χ1v) is 7.64. The lowest BCUT2D eigenvalue weighted by Gasteiger charge is -2.06. The van der Waals surface area contributed by atoms with Crippen molar-refractivity contribution in [2.45, 2.75) is 71.1 Å². The maximum Gasteiger partial charge on any atom is 0.0990 e. The van der Waals surface area contributed by atoms with E-state index in [0.717, 1.165) is 0 Å². The lowest BCUT2D eigenvalue weighted by atomic mass is 10.1. The van der Waals surface area contributed by atoms with Gasteiger partial charge in [-0.3, -0.25) is 4.90 Å². The summed E-state index contributed by atoms with van der Waals surface area (Å²) in [6.45, 7) is 3.57. The summed E-state index contributed by atoms with van der Waals surface area (Å²) in [7, 11) is 0. The van der Waals surface area contributed by atoms with E-state index >= 15 is 0 Å². The number of rotatable bonds is 11. The molecule has 0 aromatic heterocycles. The van der Waals surface area contributed by atoms with Gasteiger partial charge in [0.2, 0.25) is 0 Å². The van der Waals surface area contributed by atoms with Gasteiger partial charge in [0.05, 0.1) is 18.9 Å². The summed E-state index contributed by atoms with van der Waals surface area (Å²) in [5.41, 5.74) is 0. The van der Waals surface area contributed by atoms with Crippen molar-refractivity contribution in [3.63, 3.8) is 0 Å². The van der Waals surface area contributed by atoms with Crippen LogP contribution in [0.5, 0.6) is 0 Å². The minimum atomic E-state index is 0. The highest BCUT2D eigenvalue weighted by Gasteiger charge is 2.02. The van der Waals surface area contributed by atoms with Gasteiger partial charge in [-0.2, -0.15) is 0 Å². The highest BCUT2D eigenvalue weighted by Crippen LogP contribution is 2.09. The third-order valence-electron chi connectivity index (χ3n) is 3.55. The maximum atomic E-state index is 2.28. The van der Waals surface area contributed by atoms with Gasteiger partial charge in [0.25, 0.3) is 0 Å². The number of hydrogen-bond donors (Lipinski definition) is 1. The average Bonchev–Trinajstić information content (AvgIpc) is 2.85. The molecule has 0 aromatic carbocycles. The van der Waals surface area contributed by atoms with E-state index in [1.807, 2.05) is 0 Å². The van der Waals surface area contributed by atoms with Gasteiger partial charge in [-0.05, 0) is 25.0 Å². The molecular weight excluding hydrogens is 225 g/mol. The van der Waals surface area contributed by atoms with Crippen LogP contribution in [0.15, 0.2) is 24.6 Å². The molecule has 1 heterocycles. The molecule has 2 heteroatoms. The predicted octanol–water partition coefficient (Wildman–Crippen LogP) is 0.837. The van der Waals surface area contributed by atoms with Gasteiger partial charge in [0.1, 0.15) is 0 Å². The van der Waals surface area contributed by atoms with Gasteiger partial charge in [-0.15, -0.1) is 0 Å². The van der Waals surface area contributed by atoms with Gasteiger partial charge in [-0.1, -0.05) is 58.3 Å². The molecule has 0 aliphatic carbocycles. The van der Waals surface area contributed by atoms with E-state index in [2.05, 4.69) is 31.5 Å². The lowest BCUT2D eigenvalue weighted by molar-refractivity contribution is -0.787. The summed E-state index contributed by atoms with van der Waals surface area (Å²) >= 11 is 0. The van der Waals surface area contributed by atoms with E-state index in [1.54, 1.807) is 0 Å². The van der Waals surface area contributed by atoms with Gasteiger partial charge >= 0.3 is 0 Å². The Hall–Kier alpha value is -0.630. The summed E-state index contributed by atoms with van der Waals surface area (Å²) in [6.07, 6.45) is 23.1. The Morgan fingerprint density at radius 3 is 1.61 bits per heavy atom. The molecule has 0 atom stereocenters. The summed E-state index contributed by atoms with van der Waals surface area (Å²) < 4.78 is 0. The summed E-state index contributed by atoms with van der Waals surface area (Å²) in [6, 6.07) is 0. The Morgan fingerprint density at radius 2 is 1.11 bits per heavy atom. The summed E-state index contributed by atoms with van der Waals surface area (Å²) in [4.78, 5) is 1.52. The van der Waals surface area contributed by atoms with Gasteiger partial charge in [-0.25, -0.2) is 0 Å². The second-order valence-corrected chi connectivity index (χ2v) is 5.23. The zero-order chi connectivity index (χ0) is 12.2. The summed E-state index contributed by atoms with van der Waals surface area (Å²) in [5, 5.41) is 0. The molecule has 0 bridgehead atoms. The van der Waals surface area contributed by atoms with Crippen LogP contribution < -0.4 is 9.60 Å². The van der Waals surface area contributed by atoms with E-state index in [9.17, 15) is 0 Å². The number of hydrogen-bond acceptors (Lipinski definition) is 0. The minimum absolute atomic E-state index is 0. The topological polar surface area (TPSA) is 4.44 Å². The van der Waals surface area contributed by atoms with Gasteiger partial charge in [0.15, 0.2) is 0 Å². The Morgan fingerprint density at radius 1 is 0.667 bits per heavy atom. The van der Waals surface area contributed by atoms with Crippen molar-refractivity contribution in [2.75, 3.05) is 6.54 Å². The van der Waals surface area contributed by atoms with Crippen LogP contribution >= 0.6 is 0 Å².